The highest BCUT2D eigenvalue weighted by Crippen LogP contribution is 2.20. The number of benzene rings is 2. The van der Waals surface area contributed by atoms with Gasteiger partial charge in [-0.15, -0.1) is 11.6 Å². The molecule has 1 amide bonds. The number of alkyl halides is 1. The highest BCUT2D eigenvalue weighted by atomic mass is 35.5. The van der Waals surface area contributed by atoms with E-state index in [1.165, 1.54) is 10.8 Å². The Morgan fingerprint density at radius 2 is 1.94 bits per heavy atom. The minimum atomic E-state index is -0.146. The summed E-state index contributed by atoms with van der Waals surface area (Å²) in [6.45, 7) is 1.95. The van der Waals surface area contributed by atoms with Crippen molar-refractivity contribution in [2.45, 2.75) is 13.0 Å². The fourth-order valence-corrected chi connectivity index (χ4v) is 1.92. The van der Waals surface area contributed by atoms with Crippen molar-refractivity contribution in [2.24, 2.45) is 0 Å². The van der Waals surface area contributed by atoms with Crippen LogP contribution < -0.4 is 5.32 Å². The lowest BCUT2D eigenvalue weighted by atomic mass is 10.0. The Hall–Kier alpha value is -1.54. The SMILES string of the molecule is CC(NC(=O)CCl)c1ccc2ccccc2c1. The molecule has 0 radical (unpaired) electrons. The van der Waals surface area contributed by atoms with Gasteiger partial charge in [0, 0.05) is 0 Å². The highest BCUT2D eigenvalue weighted by molar-refractivity contribution is 6.27. The topological polar surface area (TPSA) is 29.1 Å². The second-order valence-corrected chi connectivity index (χ2v) is 4.30. The van der Waals surface area contributed by atoms with E-state index in [1.54, 1.807) is 0 Å². The van der Waals surface area contributed by atoms with Crippen molar-refractivity contribution in [3.05, 3.63) is 48.0 Å². The van der Waals surface area contributed by atoms with Gasteiger partial charge >= 0.3 is 0 Å². The molecule has 88 valence electrons. The molecule has 2 rings (SSSR count). The molecule has 0 aliphatic carbocycles. The van der Waals surface area contributed by atoms with Gasteiger partial charge in [0.25, 0.3) is 0 Å². The van der Waals surface area contributed by atoms with Gasteiger partial charge in [0.1, 0.15) is 5.88 Å². The predicted molar refractivity (Wildman–Crippen MR) is 71.2 cm³/mol. The largest absolute Gasteiger partial charge is 0.349 e. The standard InChI is InChI=1S/C14H14ClNO/c1-10(16-14(17)9-15)12-7-6-11-4-2-3-5-13(11)8-12/h2-8,10H,9H2,1H3,(H,16,17). The van der Waals surface area contributed by atoms with Crippen LogP contribution in [0.25, 0.3) is 10.8 Å². The minimum Gasteiger partial charge on any atom is -0.349 e. The molecular formula is C14H14ClNO. The van der Waals surface area contributed by atoms with Crippen LogP contribution in [-0.4, -0.2) is 11.8 Å². The van der Waals surface area contributed by atoms with Crippen molar-refractivity contribution < 1.29 is 4.79 Å². The zero-order valence-electron chi connectivity index (χ0n) is 9.61. The molecule has 0 heterocycles. The number of hydrogen-bond acceptors (Lipinski definition) is 1. The number of hydrogen-bond donors (Lipinski definition) is 1. The van der Waals surface area contributed by atoms with Gasteiger partial charge in [-0.3, -0.25) is 4.79 Å². The highest BCUT2D eigenvalue weighted by Gasteiger charge is 2.08. The number of fused-ring (bicyclic) bond motifs is 1. The van der Waals surface area contributed by atoms with E-state index in [2.05, 4.69) is 29.6 Å². The molecule has 1 atom stereocenters. The maximum atomic E-state index is 11.2. The molecule has 0 aliphatic rings. The van der Waals surface area contributed by atoms with Gasteiger partial charge in [0.05, 0.1) is 6.04 Å². The van der Waals surface area contributed by atoms with Gasteiger partial charge in [-0.2, -0.15) is 0 Å². The van der Waals surface area contributed by atoms with Crippen LogP contribution in [0.4, 0.5) is 0 Å². The maximum Gasteiger partial charge on any atom is 0.235 e. The van der Waals surface area contributed by atoms with Gasteiger partial charge in [0.15, 0.2) is 0 Å². The number of carbonyl (C=O) groups is 1. The Morgan fingerprint density at radius 1 is 1.24 bits per heavy atom. The number of amides is 1. The molecule has 0 saturated carbocycles. The van der Waals surface area contributed by atoms with Crippen molar-refractivity contribution in [3.63, 3.8) is 0 Å². The molecule has 2 nitrogen and oxygen atoms in total. The predicted octanol–water partition coefficient (Wildman–Crippen LogP) is 3.26. The summed E-state index contributed by atoms with van der Waals surface area (Å²) in [7, 11) is 0. The van der Waals surface area contributed by atoms with E-state index >= 15 is 0 Å². The third-order valence-corrected chi connectivity index (χ3v) is 3.02. The molecule has 0 bridgehead atoms. The average molecular weight is 248 g/mol. The van der Waals surface area contributed by atoms with Crippen LogP contribution in [0.2, 0.25) is 0 Å². The maximum absolute atomic E-state index is 11.2. The number of carbonyl (C=O) groups excluding carboxylic acids is 1. The van der Waals surface area contributed by atoms with Crippen molar-refractivity contribution in [1.29, 1.82) is 0 Å². The number of nitrogens with one attached hydrogen (secondary N) is 1. The molecule has 0 saturated heterocycles. The summed E-state index contributed by atoms with van der Waals surface area (Å²) < 4.78 is 0. The van der Waals surface area contributed by atoms with E-state index in [1.807, 2.05) is 25.1 Å². The summed E-state index contributed by atoms with van der Waals surface area (Å²) >= 11 is 5.47. The van der Waals surface area contributed by atoms with E-state index in [-0.39, 0.29) is 17.8 Å². The van der Waals surface area contributed by atoms with Gasteiger partial charge < -0.3 is 5.32 Å². The summed E-state index contributed by atoms with van der Waals surface area (Å²) in [5, 5.41) is 5.22. The molecule has 1 unspecified atom stereocenters. The van der Waals surface area contributed by atoms with Crippen LogP contribution in [0.1, 0.15) is 18.5 Å². The van der Waals surface area contributed by atoms with E-state index in [0.29, 0.717) is 0 Å². The molecule has 1 N–H and O–H groups in total. The Labute approximate surface area is 106 Å². The first kappa shape index (κ1) is 11.9. The van der Waals surface area contributed by atoms with Gasteiger partial charge in [0.2, 0.25) is 5.91 Å². The van der Waals surface area contributed by atoms with E-state index in [9.17, 15) is 4.79 Å². The van der Waals surface area contributed by atoms with Crippen LogP contribution >= 0.6 is 11.6 Å². The van der Waals surface area contributed by atoms with Crippen molar-refractivity contribution in [2.75, 3.05) is 5.88 Å². The van der Waals surface area contributed by atoms with Gasteiger partial charge in [-0.1, -0.05) is 36.4 Å². The molecule has 0 fully saturated rings. The van der Waals surface area contributed by atoms with Crippen LogP contribution in [0.3, 0.4) is 0 Å². The third kappa shape index (κ3) is 2.77. The molecule has 2 aromatic rings. The summed E-state index contributed by atoms with van der Waals surface area (Å²) in [5.74, 6) is -0.148. The average Bonchev–Trinajstić information content (AvgIpc) is 2.38. The fourth-order valence-electron chi connectivity index (χ4n) is 1.84. The van der Waals surface area contributed by atoms with Crippen molar-refractivity contribution in [1.82, 2.24) is 5.32 Å². The first-order valence-electron chi connectivity index (χ1n) is 5.55. The first-order chi connectivity index (χ1) is 8.20. The molecule has 0 aromatic heterocycles. The summed E-state index contributed by atoms with van der Waals surface area (Å²) in [6, 6.07) is 14.3. The third-order valence-electron chi connectivity index (χ3n) is 2.77. The van der Waals surface area contributed by atoms with Crippen LogP contribution in [0.15, 0.2) is 42.5 Å². The van der Waals surface area contributed by atoms with E-state index in [0.717, 1.165) is 5.56 Å². The Morgan fingerprint density at radius 3 is 2.65 bits per heavy atom. The Kier molecular flexibility index (Phi) is 3.64. The van der Waals surface area contributed by atoms with Crippen LogP contribution in [0, 0.1) is 0 Å². The Balaban J connectivity index is 2.26. The fraction of sp³-hybridized carbons (Fsp3) is 0.214. The molecule has 0 aliphatic heterocycles. The monoisotopic (exact) mass is 247 g/mol. The molecule has 2 aromatic carbocycles. The Bertz CT molecular complexity index is 538. The summed E-state index contributed by atoms with van der Waals surface area (Å²) in [4.78, 5) is 11.2. The van der Waals surface area contributed by atoms with Crippen molar-refractivity contribution >= 4 is 28.3 Å². The second kappa shape index (κ2) is 5.19. The lowest BCUT2D eigenvalue weighted by molar-refractivity contribution is -0.119. The second-order valence-electron chi connectivity index (χ2n) is 4.03. The van der Waals surface area contributed by atoms with Crippen LogP contribution in [0.5, 0.6) is 0 Å². The first-order valence-corrected chi connectivity index (χ1v) is 6.08. The zero-order chi connectivity index (χ0) is 12.3. The van der Waals surface area contributed by atoms with Crippen molar-refractivity contribution in [3.8, 4) is 0 Å². The van der Waals surface area contributed by atoms with E-state index < -0.39 is 0 Å². The van der Waals surface area contributed by atoms with Gasteiger partial charge in [-0.25, -0.2) is 0 Å². The zero-order valence-corrected chi connectivity index (χ0v) is 10.4. The summed E-state index contributed by atoms with van der Waals surface area (Å²) in [5.41, 5.74) is 1.09. The summed E-state index contributed by atoms with van der Waals surface area (Å²) in [6.07, 6.45) is 0. The normalized spacial score (nSPS) is 12.4. The lowest BCUT2D eigenvalue weighted by Crippen LogP contribution is -2.27. The molecule has 3 heteroatoms. The van der Waals surface area contributed by atoms with Gasteiger partial charge in [-0.05, 0) is 29.3 Å². The van der Waals surface area contributed by atoms with E-state index in [4.69, 9.17) is 11.6 Å². The molecular weight excluding hydrogens is 234 g/mol. The molecule has 0 spiro atoms. The smallest absolute Gasteiger partial charge is 0.235 e. The minimum absolute atomic E-state index is 0.00206. The quantitative estimate of drug-likeness (QED) is 0.829. The molecule has 17 heavy (non-hydrogen) atoms. The number of halogens is 1. The van der Waals surface area contributed by atoms with Crippen LogP contribution in [-0.2, 0) is 4.79 Å². The number of rotatable bonds is 3. The lowest BCUT2D eigenvalue weighted by Gasteiger charge is -2.14.